The van der Waals surface area contributed by atoms with Crippen molar-refractivity contribution in [2.75, 3.05) is 0 Å². The number of hydrogen-bond donors (Lipinski definition) is 0. The molecular weight excluding hydrogens is 368 g/mol. The van der Waals surface area contributed by atoms with Gasteiger partial charge in [0.15, 0.2) is 6.10 Å². The normalized spacial score (nSPS) is 12.6. The molecule has 2 aromatic carbocycles. The maximum absolute atomic E-state index is 12.3. The number of fused-ring (bicyclic) bond motifs is 1. The van der Waals surface area contributed by atoms with Gasteiger partial charge in [-0.1, -0.05) is 32.9 Å². The number of aromatic nitrogens is 1. The first-order valence-electron chi connectivity index (χ1n) is 8.22. The Morgan fingerprint density at radius 2 is 1.81 bits per heavy atom. The predicted molar refractivity (Wildman–Crippen MR) is 102 cm³/mol. The standard InChI is InChI=1S/C19H18N2O5S/c1-19(2,3)16(17-20-14-6-4-5-7-15(14)27-17)26-18(22)25-13-10-8-12(9-11-13)21(23)24/h4-11,16H,1-3H3/t16-/m1/s1. The van der Waals surface area contributed by atoms with Crippen LogP contribution in [0.2, 0.25) is 0 Å². The summed E-state index contributed by atoms with van der Waals surface area (Å²) in [4.78, 5) is 27.0. The van der Waals surface area contributed by atoms with Crippen molar-refractivity contribution < 1.29 is 19.2 Å². The maximum Gasteiger partial charge on any atom is 0.514 e. The Bertz CT molecular complexity index is 943. The second-order valence-corrected chi connectivity index (χ2v) is 8.05. The molecule has 0 N–H and O–H groups in total. The Balaban J connectivity index is 1.78. The van der Waals surface area contributed by atoms with Crippen LogP contribution in [0, 0.1) is 15.5 Å². The highest BCUT2D eigenvalue weighted by Crippen LogP contribution is 2.39. The van der Waals surface area contributed by atoms with Crippen LogP contribution in [0.25, 0.3) is 10.2 Å². The number of nitrogens with zero attached hydrogens (tertiary/aromatic N) is 2. The van der Waals surface area contributed by atoms with Crippen LogP contribution in [0.5, 0.6) is 5.75 Å². The van der Waals surface area contributed by atoms with Crippen LogP contribution in [0.1, 0.15) is 31.9 Å². The molecule has 0 bridgehead atoms. The number of ether oxygens (including phenoxy) is 2. The molecule has 8 heteroatoms. The average molecular weight is 386 g/mol. The van der Waals surface area contributed by atoms with Crippen molar-refractivity contribution in [2.45, 2.75) is 26.9 Å². The molecule has 27 heavy (non-hydrogen) atoms. The van der Waals surface area contributed by atoms with Gasteiger partial charge in [-0.3, -0.25) is 10.1 Å². The van der Waals surface area contributed by atoms with Crippen LogP contribution in [-0.4, -0.2) is 16.1 Å². The van der Waals surface area contributed by atoms with Crippen LogP contribution in [0.4, 0.5) is 10.5 Å². The highest BCUT2D eigenvalue weighted by Gasteiger charge is 2.33. The molecule has 0 radical (unpaired) electrons. The molecule has 3 rings (SSSR count). The van der Waals surface area contributed by atoms with Gasteiger partial charge in [-0.05, 0) is 24.3 Å². The monoisotopic (exact) mass is 386 g/mol. The molecule has 0 amide bonds. The first-order valence-corrected chi connectivity index (χ1v) is 9.04. The van der Waals surface area contributed by atoms with Crippen molar-refractivity contribution in [3.8, 4) is 5.75 Å². The van der Waals surface area contributed by atoms with Gasteiger partial charge in [0.25, 0.3) is 5.69 Å². The topological polar surface area (TPSA) is 91.6 Å². The molecule has 1 aromatic heterocycles. The molecule has 0 saturated heterocycles. The van der Waals surface area contributed by atoms with Crippen molar-refractivity contribution in [3.63, 3.8) is 0 Å². The van der Waals surface area contributed by atoms with E-state index in [0.717, 1.165) is 10.2 Å². The number of thiazole rings is 1. The molecule has 0 saturated carbocycles. The third-order valence-corrected chi connectivity index (χ3v) is 4.86. The number of rotatable bonds is 4. The predicted octanol–water partition coefficient (Wildman–Crippen LogP) is 5.51. The van der Waals surface area contributed by atoms with Gasteiger partial charge < -0.3 is 9.47 Å². The first-order chi connectivity index (χ1) is 12.7. The molecule has 0 unspecified atom stereocenters. The van der Waals surface area contributed by atoms with Gasteiger partial charge in [0.05, 0.1) is 15.1 Å². The third kappa shape index (κ3) is 4.40. The molecular formula is C19H18N2O5S. The molecule has 0 aliphatic carbocycles. The van der Waals surface area contributed by atoms with E-state index in [-0.39, 0.29) is 11.4 Å². The van der Waals surface area contributed by atoms with Crippen LogP contribution in [0.3, 0.4) is 0 Å². The Morgan fingerprint density at radius 3 is 2.41 bits per heavy atom. The van der Waals surface area contributed by atoms with E-state index in [9.17, 15) is 14.9 Å². The van der Waals surface area contributed by atoms with Crippen LogP contribution < -0.4 is 4.74 Å². The number of benzene rings is 2. The molecule has 140 valence electrons. The zero-order chi connectivity index (χ0) is 19.6. The van der Waals surface area contributed by atoms with E-state index in [1.807, 2.05) is 45.0 Å². The number of hydrogen-bond acceptors (Lipinski definition) is 7. The summed E-state index contributed by atoms with van der Waals surface area (Å²) < 4.78 is 11.7. The summed E-state index contributed by atoms with van der Waals surface area (Å²) >= 11 is 1.47. The largest absolute Gasteiger partial charge is 0.514 e. The number of non-ortho nitro benzene ring substituents is 1. The lowest BCUT2D eigenvalue weighted by atomic mass is 9.89. The molecule has 0 fully saturated rings. The molecule has 1 atom stereocenters. The van der Waals surface area contributed by atoms with Gasteiger partial charge in [-0.2, -0.15) is 0 Å². The van der Waals surface area contributed by atoms with E-state index in [2.05, 4.69) is 4.98 Å². The van der Waals surface area contributed by atoms with Gasteiger partial charge in [0.2, 0.25) is 0 Å². The summed E-state index contributed by atoms with van der Waals surface area (Å²) in [7, 11) is 0. The van der Waals surface area contributed by atoms with Crippen molar-refractivity contribution >= 4 is 33.4 Å². The fraction of sp³-hybridized carbons (Fsp3) is 0.263. The lowest BCUT2D eigenvalue weighted by Gasteiger charge is -2.28. The number of carbonyl (C=O) groups is 1. The Labute approximate surface area is 159 Å². The lowest BCUT2D eigenvalue weighted by molar-refractivity contribution is -0.384. The summed E-state index contributed by atoms with van der Waals surface area (Å²) in [6.07, 6.45) is -1.48. The SMILES string of the molecule is CC(C)(C)[C@H](OC(=O)Oc1ccc([N+](=O)[O-])cc1)c1nc2ccccc2s1. The van der Waals surface area contributed by atoms with E-state index in [1.54, 1.807) is 0 Å². The van der Waals surface area contributed by atoms with Crippen LogP contribution >= 0.6 is 11.3 Å². The molecule has 0 aliphatic rings. The summed E-state index contributed by atoms with van der Waals surface area (Å²) in [5, 5.41) is 11.4. The van der Waals surface area contributed by atoms with E-state index in [1.165, 1.54) is 35.6 Å². The number of nitro benzene ring substituents is 1. The number of para-hydroxylation sites is 1. The molecule has 1 heterocycles. The Hall–Kier alpha value is -3.00. The molecule has 7 nitrogen and oxygen atoms in total. The van der Waals surface area contributed by atoms with Gasteiger partial charge in [-0.15, -0.1) is 11.3 Å². The first kappa shape index (κ1) is 18.8. The molecule has 0 aliphatic heterocycles. The van der Waals surface area contributed by atoms with Gasteiger partial charge in [-0.25, -0.2) is 9.78 Å². The fourth-order valence-electron chi connectivity index (χ4n) is 2.45. The lowest BCUT2D eigenvalue weighted by Crippen LogP contribution is -2.25. The fourth-order valence-corrected chi connectivity index (χ4v) is 3.70. The third-order valence-electron chi connectivity index (χ3n) is 3.78. The van der Waals surface area contributed by atoms with Crippen LogP contribution in [0.15, 0.2) is 48.5 Å². The quantitative estimate of drug-likeness (QED) is 0.254. The minimum Gasteiger partial charge on any atom is -0.423 e. The van der Waals surface area contributed by atoms with E-state index in [0.29, 0.717) is 5.01 Å². The minimum atomic E-state index is -0.886. The van der Waals surface area contributed by atoms with Gasteiger partial charge >= 0.3 is 6.16 Å². The molecule has 0 spiro atoms. The zero-order valence-corrected chi connectivity index (χ0v) is 15.9. The second-order valence-electron chi connectivity index (χ2n) is 6.99. The summed E-state index contributed by atoms with van der Waals surface area (Å²) in [5.41, 5.74) is 0.361. The van der Waals surface area contributed by atoms with Crippen molar-refractivity contribution in [2.24, 2.45) is 5.41 Å². The van der Waals surface area contributed by atoms with E-state index in [4.69, 9.17) is 9.47 Å². The van der Waals surface area contributed by atoms with Crippen molar-refractivity contribution in [3.05, 3.63) is 63.7 Å². The maximum atomic E-state index is 12.3. The summed E-state index contributed by atoms with van der Waals surface area (Å²) in [6, 6.07) is 12.9. The van der Waals surface area contributed by atoms with E-state index < -0.39 is 22.6 Å². The average Bonchev–Trinajstić information content (AvgIpc) is 3.02. The number of carbonyl (C=O) groups excluding carboxylic acids is 1. The Morgan fingerprint density at radius 1 is 1.15 bits per heavy atom. The molecule has 3 aromatic rings. The van der Waals surface area contributed by atoms with Crippen molar-refractivity contribution in [1.29, 1.82) is 0 Å². The zero-order valence-electron chi connectivity index (χ0n) is 15.0. The van der Waals surface area contributed by atoms with Gasteiger partial charge in [0, 0.05) is 17.5 Å². The summed E-state index contributed by atoms with van der Waals surface area (Å²) in [5.74, 6) is 0.169. The van der Waals surface area contributed by atoms with Crippen LogP contribution in [-0.2, 0) is 4.74 Å². The Kier molecular flexibility index (Phi) is 5.09. The minimum absolute atomic E-state index is 0.0854. The number of nitro groups is 1. The van der Waals surface area contributed by atoms with Crippen molar-refractivity contribution in [1.82, 2.24) is 4.98 Å². The van der Waals surface area contributed by atoms with Gasteiger partial charge in [0.1, 0.15) is 10.8 Å². The highest BCUT2D eigenvalue weighted by atomic mass is 32.1. The smallest absolute Gasteiger partial charge is 0.423 e. The van der Waals surface area contributed by atoms with E-state index >= 15 is 0 Å². The second kappa shape index (κ2) is 7.32. The summed E-state index contributed by atoms with van der Waals surface area (Å²) in [6.45, 7) is 5.84. The highest BCUT2D eigenvalue weighted by molar-refractivity contribution is 7.18.